The number of nitrogens with one attached hydrogen (secondary N) is 1. The second kappa shape index (κ2) is 5.32. The van der Waals surface area contributed by atoms with Crippen molar-refractivity contribution < 1.29 is 14.0 Å². The van der Waals surface area contributed by atoms with Crippen molar-refractivity contribution in [1.29, 1.82) is 0 Å². The zero-order chi connectivity index (χ0) is 13.1. The van der Waals surface area contributed by atoms with E-state index in [4.69, 9.17) is 10.2 Å². The molecule has 3 N–H and O–H groups in total. The summed E-state index contributed by atoms with van der Waals surface area (Å²) < 4.78 is 5.38. The van der Waals surface area contributed by atoms with Crippen molar-refractivity contribution in [3.8, 4) is 0 Å². The van der Waals surface area contributed by atoms with Crippen molar-refractivity contribution in [2.24, 2.45) is 5.73 Å². The fraction of sp³-hybridized carbons (Fsp3) is 0.500. The molecular formula is C12H17N3O3. The van der Waals surface area contributed by atoms with E-state index in [1.54, 1.807) is 17.2 Å². The van der Waals surface area contributed by atoms with Gasteiger partial charge in [0.1, 0.15) is 5.76 Å². The van der Waals surface area contributed by atoms with Crippen LogP contribution in [0.1, 0.15) is 25.1 Å². The van der Waals surface area contributed by atoms with E-state index in [0.717, 1.165) is 6.42 Å². The van der Waals surface area contributed by atoms with Crippen LogP contribution in [0.2, 0.25) is 0 Å². The largest absolute Gasteiger partial charge is 0.468 e. The smallest absolute Gasteiger partial charge is 0.240 e. The predicted molar refractivity (Wildman–Crippen MR) is 64.4 cm³/mol. The summed E-state index contributed by atoms with van der Waals surface area (Å²) in [5.41, 5.74) is 6.09. The lowest BCUT2D eigenvalue weighted by atomic mass is 10.0. The van der Waals surface area contributed by atoms with Gasteiger partial charge in [0.15, 0.2) is 0 Å². The van der Waals surface area contributed by atoms with Crippen LogP contribution in [0.15, 0.2) is 22.8 Å². The topological polar surface area (TPSA) is 88.6 Å². The third kappa shape index (κ3) is 2.60. The lowest BCUT2D eigenvalue weighted by molar-refractivity contribution is -0.137. The summed E-state index contributed by atoms with van der Waals surface area (Å²) in [4.78, 5) is 24.6. The summed E-state index contributed by atoms with van der Waals surface area (Å²) >= 11 is 0. The summed E-state index contributed by atoms with van der Waals surface area (Å²) in [7, 11) is 0. The van der Waals surface area contributed by atoms with Gasteiger partial charge in [0, 0.05) is 6.04 Å². The highest BCUT2D eigenvalue weighted by Crippen LogP contribution is 2.25. The maximum Gasteiger partial charge on any atom is 0.240 e. The minimum atomic E-state index is -0.300. The number of nitrogens with zero attached hydrogens (tertiary/aromatic N) is 1. The fourth-order valence-electron chi connectivity index (χ4n) is 2.20. The van der Waals surface area contributed by atoms with E-state index in [2.05, 4.69) is 5.32 Å². The van der Waals surface area contributed by atoms with E-state index in [-0.39, 0.29) is 37.0 Å². The van der Waals surface area contributed by atoms with Crippen molar-refractivity contribution in [2.75, 3.05) is 13.1 Å². The van der Waals surface area contributed by atoms with Crippen LogP contribution in [0.4, 0.5) is 0 Å². The molecule has 1 fully saturated rings. The number of furan rings is 1. The Morgan fingerprint density at radius 1 is 1.44 bits per heavy atom. The van der Waals surface area contributed by atoms with Gasteiger partial charge in [0.2, 0.25) is 11.8 Å². The number of carbonyl (C=O) groups excluding carboxylic acids is 2. The van der Waals surface area contributed by atoms with Crippen molar-refractivity contribution >= 4 is 11.8 Å². The van der Waals surface area contributed by atoms with E-state index in [1.807, 2.05) is 13.0 Å². The van der Waals surface area contributed by atoms with E-state index in [0.29, 0.717) is 5.76 Å². The first-order valence-electron chi connectivity index (χ1n) is 5.97. The molecule has 2 heterocycles. The Balaban J connectivity index is 2.23. The summed E-state index contributed by atoms with van der Waals surface area (Å²) in [6.07, 6.45) is 2.30. The van der Waals surface area contributed by atoms with Crippen LogP contribution in [0.5, 0.6) is 0 Å². The first-order valence-corrected chi connectivity index (χ1v) is 5.97. The number of hydrogen-bond acceptors (Lipinski definition) is 5. The van der Waals surface area contributed by atoms with Gasteiger partial charge in [0.05, 0.1) is 25.4 Å². The number of rotatable bonds is 4. The molecule has 1 aliphatic heterocycles. The molecule has 2 atom stereocenters. The summed E-state index contributed by atoms with van der Waals surface area (Å²) in [6.45, 7) is 2.28. The van der Waals surface area contributed by atoms with Crippen LogP contribution >= 0.6 is 0 Å². The molecule has 98 valence electrons. The van der Waals surface area contributed by atoms with Crippen LogP contribution in [0.3, 0.4) is 0 Å². The molecule has 0 saturated carbocycles. The van der Waals surface area contributed by atoms with Gasteiger partial charge >= 0.3 is 0 Å². The molecule has 0 radical (unpaired) electrons. The molecule has 2 amide bonds. The molecule has 18 heavy (non-hydrogen) atoms. The zero-order valence-electron chi connectivity index (χ0n) is 10.3. The van der Waals surface area contributed by atoms with Gasteiger partial charge < -0.3 is 10.2 Å². The Bertz CT molecular complexity index is 414. The number of imide groups is 1. The summed E-state index contributed by atoms with van der Waals surface area (Å²) in [6, 6.07) is 3.16. The fourth-order valence-corrected chi connectivity index (χ4v) is 2.20. The van der Waals surface area contributed by atoms with E-state index < -0.39 is 0 Å². The molecule has 6 heteroatoms. The van der Waals surface area contributed by atoms with Crippen LogP contribution in [-0.4, -0.2) is 35.8 Å². The highest BCUT2D eigenvalue weighted by molar-refractivity contribution is 5.99. The predicted octanol–water partition coefficient (Wildman–Crippen LogP) is 0.0164. The number of carbonyl (C=O) groups is 2. The number of hydrogen-bond donors (Lipinski definition) is 2. The van der Waals surface area contributed by atoms with Crippen molar-refractivity contribution in [1.82, 2.24) is 10.2 Å². The molecule has 0 aromatic carbocycles. The van der Waals surface area contributed by atoms with Crippen molar-refractivity contribution in [2.45, 2.75) is 25.4 Å². The molecule has 2 unspecified atom stereocenters. The van der Waals surface area contributed by atoms with Gasteiger partial charge in [-0.25, -0.2) is 0 Å². The number of amides is 2. The third-order valence-corrected chi connectivity index (χ3v) is 3.08. The normalized spacial score (nSPS) is 20.6. The molecule has 0 aliphatic carbocycles. The third-order valence-electron chi connectivity index (χ3n) is 3.08. The van der Waals surface area contributed by atoms with Crippen LogP contribution < -0.4 is 11.1 Å². The van der Waals surface area contributed by atoms with Crippen LogP contribution in [0.25, 0.3) is 0 Å². The van der Waals surface area contributed by atoms with Crippen molar-refractivity contribution in [3.63, 3.8) is 0 Å². The lowest BCUT2D eigenvalue weighted by Gasteiger charge is -2.35. The van der Waals surface area contributed by atoms with Gasteiger partial charge in [-0.15, -0.1) is 0 Å². The Labute approximate surface area is 105 Å². The highest BCUT2D eigenvalue weighted by atomic mass is 16.3. The SMILES string of the molecule is CCC(N)C(c1ccco1)N1CC(=O)NC(=O)C1. The average molecular weight is 251 g/mol. The minimum Gasteiger partial charge on any atom is -0.468 e. The Hall–Kier alpha value is -1.66. The molecule has 1 aromatic rings. The summed E-state index contributed by atoms with van der Waals surface area (Å²) in [5, 5.41) is 2.28. The van der Waals surface area contributed by atoms with E-state index >= 15 is 0 Å². The second-order valence-electron chi connectivity index (χ2n) is 4.41. The maximum absolute atomic E-state index is 11.4. The van der Waals surface area contributed by atoms with Crippen LogP contribution in [-0.2, 0) is 9.59 Å². The Morgan fingerprint density at radius 3 is 2.61 bits per heavy atom. The molecule has 1 saturated heterocycles. The molecule has 1 aromatic heterocycles. The number of piperazine rings is 1. The number of nitrogens with two attached hydrogens (primary N) is 1. The maximum atomic E-state index is 11.4. The van der Waals surface area contributed by atoms with Gasteiger partial charge in [-0.1, -0.05) is 6.92 Å². The lowest BCUT2D eigenvalue weighted by Crippen LogP contribution is -2.55. The molecule has 0 bridgehead atoms. The molecule has 6 nitrogen and oxygen atoms in total. The monoisotopic (exact) mass is 251 g/mol. The van der Waals surface area contributed by atoms with Gasteiger partial charge in [-0.3, -0.25) is 19.8 Å². The quantitative estimate of drug-likeness (QED) is 0.736. The molecule has 1 aliphatic rings. The first kappa shape index (κ1) is 12.8. The second-order valence-corrected chi connectivity index (χ2v) is 4.41. The summed E-state index contributed by atoms with van der Waals surface area (Å²) in [5.74, 6) is 0.0871. The Kier molecular flexibility index (Phi) is 3.78. The zero-order valence-corrected chi connectivity index (χ0v) is 10.3. The standard InChI is InChI=1S/C12H17N3O3/c1-2-8(13)12(9-4-3-5-18-9)15-6-10(16)14-11(17)7-15/h3-5,8,12H,2,6-7,13H2,1H3,(H,14,16,17). The highest BCUT2D eigenvalue weighted by Gasteiger charge is 2.33. The van der Waals surface area contributed by atoms with E-state index in [1.165, 1.54) is 0 Å². The van der Waals surface area contributed by atoms with Gasteiger partial charge in [-0.2, -0.15) is 0 Å². The minimum absolute atomic E-state index is 0.158. The van der Waals surface area contributed by atoms with Crippen molar-refractivity contribution in [3.05, 3.63) is 24.2 Å². The molecule has 0 spiro atoms. The average Bonchev–Trinajstić information content (AvgIpc) is 2.81. The van der Waals surface area contributed by atoms with Crippen LogP contribution in [0, 0.1) is 0 Å². The molecule has 2 rings (SSSR count). The first-order chi connectivity index (χ1) is 8.61. The van der Waals surface area contributed by atoms with Gasteiger partial charge in [-0.05, 0) is 18.6 Å². The Morgan fingerprint density at radius 2 is 2.11 bits per heavy atom. The van der Waals surface area contributed by atoms with E-state index in [9.17, 15) is 9.59 Å². The van der Waals surface area contributed by atoms with Gasteiger partial charge in [0.25, 0.3) is 0 Å². The molecular weight excluding hydrogens is 234 g/mol.